The normalized spacial score (nSPS) is 15.3. The van der Waals surface area contributed by atoms with Crippen molar-refractivity contribution in [3.05, 3.63) is 29.4 Å². The molecule has 141 valence electrons. The number of ether oxygens (including phenoxy) is 1. The summed E-state index contributed by atoms with van der Waals surface area (Å²) in [6.07, 6.45) is 4.14. The molecule has 4 heterocycles. The minimum absolute atomic E-state index is 0.102. The van der Waals surface area contributed by atoms with Crippen LogP contribution in [-0.2, 0) is 4.79 Å². The van der Waals surface area contributed by atoms with Gasteiger partial charge in [-0.05, 0) is 18.2 Å². The first-order chi connectivity index (χ1) is 13.0. The quantitative estimate of drug-likeness (QED) is 0.314. The molecule has 9 heteroatoms. The molecule has 3 aromatic rings. The molecule has 0 spiro atoms. The highest BCUT2D eigenvalue weighted by molar-refractivity contribution is 6.33. The van der Waals surface area contributed by atoms with E-state index in [0.29, 0.717) is 21.9 Å². The van der Waals surface area contributed by atoms with Crippen molar-refractivity contribution in [1.82, 2.24) is 19.9 Å². The van der Waals surface area contributed by atoms with Crippen molar-refractivity contribution in [3.63, 3.8) is 0 Å². The van der Waals surface area contributed by atoms with Crippen LogP contribution in [0.15, 0.2) is 24.4 Å². The summed E-state index contributed by atoms with van der Waals surface area (Å²) >= 11 is 8.91. The van der Waals surface area contributed by atoms with Crippen LogP contribution < -0.4 is 32.2 Å². The highest BCUT2D eigenvalue weighted by Crippen LogP contribution is 2.30. The van der Waals surface area contributed by atoms with Gasteiger partial charge in [-0.25, -0.2) is 9.97 Å². The maximum absolute atomic E-state index is 11.1. The fourth-order valence-electron chi connectivity index (χ4n) is 3.07. The third kappa shape index (κ3) is 4.01. The number of aromatic amines is 1. The highest BCUT2D eigenvalue weighted by atomic mass is 127. The molecule has 27 heavy (non-hydrogen) atoms. The standard InChI is InChI=1S/C18H17ClIN5O2/c1-10(26)27-18-22-14-8-13(19)16(23-17(14)24-18)11-2-3-15(21-9-11)25-6-4-12(20)5-7-25/h2-3,8-9,12H,4-7H2,1H3,(H,22,23,24)/q-1. The molecular weight excluding hydrogens is 481 g/mol. The van der Waals surface area contributed by atoms with Crippen molar-refractivity contribution < 1.29 is 32.1 Å². The van der Waals surface area contributed by atoms with Crippen molar-refractivity contribution in [1.29, 1.82) is 0 Å². The SMILES string of the molecule is CC(=O)Oc1nc2nc(-c3ccc(N4CCC([I-])CC4)nc3)c(Cl)cc2[nH]1. The number of carbonyl (C=O) groups excluding carboxylic acids is 1. The Balaban J connectivity index is 1.61. The van der Waals surface area contributed by atoms with Gasteiger partial charge in [0, 0.05) is 31.8 Å². The van der Waals surface area contributed by atoms with Gasteiger partial charge in [-0.1, -0.05) is 24.4 Å². The van der Waals surface area contributed by atoms with E-state index < -0.39 is 5.97 Å². The zero-order valence-corrected chi connectivity index (χ0v) is 17.5. The molecule has 0 aliphatic carbocycles. The highest BCUT2D eigenvalue weighted by Gasteiger charge is 2.16. The van der Waals surface area contributed by atoms with Crippen LogP contribution in [0.4, 0.5) is 5.82 Å². The Labute approximate surface area is 174 Å². The fraction of sp³-hybridized carbons (Fsp3) is 0.333. The second kappa shape index (κ2) is 7.59. The zero-order valence-electron chi connectivity index (χ0n) is 14.6. The summed E-state index contributed by atoms with van der Waals surface area (Å²) in [6.45, 7) is 3.36. The predicted molar refractivity (Wildman–Crippen MR) is 98.7 cm³/mol. The average molecular weight is 498 g/mol. The van der Waals surface area contributed by atoms with E-state index in [1.54, 1.807) is 12.3 Å². The van der Waals surface area contributed by atoms with Crippen LogP contribution in [0.25, 0.3) is 22.4 Å². The molecule has 0 saturated carbocycles. The number of fused-ring (bicyclic) bond motifs is 1. The maximum Gasteiger partial charge on any atom is 0.310 e. The number of nitrogens with zero attached hydrogens (tertiary/aromatic N) is 4. The number of aromatic nitrogens is 4. The molecule has 0 bridgehead atoms. The molecule has 0 atom stereocenters. The van der Waals surface area contributed by atoms with E-state index in [0.717, 1.165) is 28.4 Å². The zero-order chi connectivity index (χ0) is 19.0. The lowest BCUT2D eigenvalue weighted by molar-refractivity contribution is -0.423. The molecular formula is C18H17ClIN5O2-. The topological polar surface area (TPSA) is 84.0 Å². The van der Waals surface area contributed by atoms with E-state index in [4.69, 9.17) is 16.3 Å². The molecule has 7 nitrogen and oxygen atoms in total. The van der Waals surface area contributed by atoms with E-state index in [-0.39, 0.29) is 6.01 Å². The van der Waals surface area contributed by atoms with Crippen LogP contribution in [0.1, 0.15) is 19.8 Å². The largest absolute Gasteiger partial charge is 0.793 e. The average Bonchev–Trinajstić information content (AvgIpc) is 3.02. The van der Waals surface area contributed by atoms with Crippen LogP contribution in [0.3, 0.4) is 0 Å². The van der Waals surface area contributed by atoms with Crippen LogP contribution in [0, 0.1) is 0 Å². The van der Waals surface area contributed by atoms with E-state index in [9.17, 15) is 4.79 Å². The Bertz CT molecular complexity index is 983. The summed E-state index contributed by atoms with van der Waals surface area (Å²) in [5.41, 5.74) is 2.44. The predicted octanol–water partition coefficient (Wildman–Crippen LogP) is 0.121. The molecule has 4 rings (SSSR count). The summed E-state index contributed by atoms with van der Waals surface area (Å²) in [5.74, 6) is 0.517. The third-order valence-corrected chi connectivity index (χ3v) is 5.95. The van der Waals surface area contributed by atoms with E-state index >= 15 is 0 Å². The van der Waals surface area contributed by atoms with Gasteiger partial charge >= 0.3 is 12.0 Å². The van der Waals surface area contributed by atoms with E-state index in [1.807, 2.05) is 12.1 Å². The molecule has 1 aliphatic rings. The summed E-state index contributed by atoms with van der Waals surface area (Å²) < 4.78 is 5.72. The summed E-state index contributed by atoms with van der Waals surface area (Å²) in [5, 5.41) is 0.473. The lowest BCUT2D eigenvalue weighted by Crippen LogP contribution is -3.39. The number of piperidine rings is 1. The Morgan fingerprint density at radius 2 is 2.11 bits per heavy atom. The fourth-order valence-corrected chi connectivity index (χ4v) is 3.89. The number of nitrogens with one attached hydrogen (secondary N) is 1. The van der Waals surface area contributed by atoms with Crippen molar-refractivity contribution in [2.45, 2.75) is 23.7 Å². The van der Waals surface area contributed by atoms with Gasteiger partial charge in [0.15, 0.2) is 5.65 Å². The van der Waals surface area contributed by atoms with Gasteiger partial charge < -0.3 is 37.2 Å². The van der Waals surface area contributed by atoms with Crippen LogP contribution in [-0.4, -0.2) is 42.9 Å². The second-order valence-electron chi connectivity index (χ2n) is 6.39. The van der Waals surface area contributed by atoms with Crippen molar-refractivity contribution >= 4 is 34.6 Å². The van der Waals surface area contributed by atoms with Gasteiger partial charge in [-0.2, -0.15) is 8.91 Å². The second-order valence-corrected chi connectivity index (χ2v) is 8.56. The van der Waals surface area contributed by atoms with Gasteiger partial charge in [0.25, 0.3) is 0 Å². The minimum Gasteiger partial charge on any atom is -0.793 e. The Kier molecular flexibility index (Phi) is 5.18. The van der Waals surface area contributed by atoms with Gasteiger partial charge in [-0.15, -0.1) is 0 Å². The molecule has 1 N–H and O–H groups in total. The number of pyridine rings is 2. The van der Waals surface area contributed by atoms with Crippen molar-refractivity contribution in [2.75, 3.05) is 18.0 Å². The number of H-pyrrole nitrogens is 1. The maximum atomic E-state index is 11.1. The number of imidazole rings is 1. The van der Waals surface area contributed by atoms with Crippen LogP contribution in [0.2, 0.25) is 5.02 Å². The number of anilines is 1. The molecule has 0 amide bonds. The number of rotatable bonds is 3. The van der Waals surface area contributed by atoms with Gasteiger partial charge in [0.2, 0.25) is 0 Å². The summed E-state index contributed by atoms with van der Waals surface area (Å²) in [6, 6.07) is 5.79. The lowest BCUT2D eigenvalue weighted by atomic mass is 10.1. The Morgan fingerprint density at radius 3 is 2.78 bits per heavy atom. The van der Waals surface area contributed by atoms with Crippen molar-refractivity contribution in [2.24, 2.45) is 0 Å². The third-order valence-electron chi connectivity index (χ3n) is 4.42. The van der Waals surface area contributed by atoms with Gasteiger partial charge in [0.1, 0.15) is 5.82 Å². The summed E-state index contributed by atoms with van der Waals surface area (Å²) in [4.78, 5) is 29.5. The molecule has 0 aromatic carbocycles. The number of hydrogen-bond donors (Lipinski definition) is 1. The van der Waals surface area contributed by atoms with Gasteiger partial charge in [0.05, 0.1) is 16.2 Å². The Hall–Kier alpha value is -1.94. The number of halogens is 2. The molecule has 3 aromatic heterocycles. The molecule has 1 radical (unpaired) electrons. The molecule has 1 saturated heterocycles. The van der Waals surface area contributed by atoms with Crippen LogP contribution >= 0.6 is 11.6 Å². The number of alkyl halides is 1. The monoisotopic (exact) mass is 497 g/mol. The molecule has 1 aliphatic heterocycles. The number of carbonyl (C=O) groups is 1. The number of esters is 1. The number of hydrogen-bond acceptors (Lipinski definition) is 6. The van der Waals surface area contributed by atoms with Crippen LogP contribution in [0.5, 0.6) is 6.01 Å². The lowest BCUT2D eigenvalue weighted by Gasteiger charge is -2.36. The van der Waals surface area contributed by atoms with Gasteiger partial charge in [-0.3, -0.25) is 4.79 Å². The minimum atomic E-state index is -0.452. The smallest absolute Gasteiger partial charge is 0.310 e. The first kappa shape index (κ1) is 18.4. The van der Waals surface area contributed by atoms with Crippen molar-refractivity contribution in [3.8, 4) is 17.3 Å². The molecule has 0 unspecified atom stereocenters. The van der Waals surface area contributed by atoms with E-state index in [2.05, 4.69) is 47.4 Å². The summed E-state index contributed by atoms with van der Waals surface area (Å²) in [7, 11) is 0. The first-order valence-corrected chi connectivity index (χ1v) is 10.2. The van der Waals surface area contributed by atoms with E-state index in [1.165, 1.54) is 19.8 Å². The Morgan fingerprint density at radius 1 is 1.33 bits per heavy atom. The molecule has 1 fully saturated rings. The first-order valence-electron chi connectivity index (χ1n) is 8.60.